The molecule has 0 rings (SSSR count). The van der Waals surface area contributed by atoms with Crippen LogP contribution in [0.4, 0.5) is 0 Å². The second-order valence-electron chi connectivity index (χ2n) is 4.07. The number of hydrogen-bond acceptors (Lipinski definition) is 7. The van der Waals surface area contributed by atoms with Gasteiger partial charge in [-0.15, -0.1) is 0 Å². The van der Waals surface area contributed by atoms with Crippen LogP contribution in [0.25, 0.3) is 0 Å². The maximum Gasteiger partial charge on any atom is 0.316 e. The van der Waals surface area contributed by atoms with Crippen LogP contribution in [0.1, 0.15) is 26.7 Å². The maximum absolute atomic E-state index is 10.3. The van der Waals surface area contributed by atoms with Gasteiger partial charge in [-0.05, 0) is 6.92 Å². The molecule has 0 aromatic carbocycles. The third-order valence-corrected chi connectivity index (χ3v) is 1.98. The number of hydrogen-bond donors (Lipinski definition) is 5. The topological polar surface area (TPSA) is 196 Å². The number of aliphatic carboxylic acids is 4. The molecule has 0 aliphatic rings. The fraction of sp³-hybridized carbons (Fsp3) is 0.545. The number of esters is 1. The third kappa shape index (κ3) is 22.9. The number of rotatable bonds is 7. The standard InChI is InChI=1S/C6H8O7.C5H8O4.Ca.3Mg.8H/c7-3(8)1-6(13,5(11)12)2-4(9)10;1-3(5(7)8)9-4(2)6;;;;;;;;;;;;/h13H,1-2H2,(H,7,8)(H,9,10)(H,11,12);3H,1-2H3,(H,7,8);;;;;;;;;;;;. The molecule has 0 fully saturated rings. The van der Waals surface area contributed by atoms with E-state index in [0.717, 1.165) is 0 Å². The Bertz CT molecular complexity index is 456. The number of ether oxygens (including phenoxy) is 1. The van der Waals surface area contributed by atoms with Crippen molar-refractivity contribution in [2.24, 2.45) is 0 Å². The second kappa shape index (κ2) is 20.6. The molecule has 0 amide bonds. The predicted molar refractivity (Wildman–Crippen MR) is 100 cm³/mol. The van der Waals surface area contributed by atoms with E-state index in [1.165, 1.54) is 13.8 Å². The fourth-order valence-electron chi connectivity index (χ4n) is 1.01. The summed E-state index contributed by atoms with van der Waals surface area (Å²) in [5, 5.41) is 42.0. The normalized spacial score (nSPS) is 9.65. The Kier molecular flexibility index (Phi) is 32.7. The summed E-state index contributed by atoms with van der Waals surface area (Å²) in [6, 6.07) is 0. The van der Waals surface area contributed by atoms with E-state index in [2.05, 4.69) is 4.74 Å². The second-order valence-corrected chi connectivity index (χ2v) is 4.07. The van der Waals surface area contributed by atoms with Crippen molar-refractivity contribution in [3.63, 3.8) is 0 Å². The molecule has 0 aliphatic heterocycles. The average molecular weight is 445 g/mol. The SMILES string of the molecule is CC(=O)OC(C)C(=O)O.O=C(O)CC(O)(CC(=O)O)C(=O)O.[CaH2].[MgH2].[MgH2].[MgH2]. The van der Waals surface area contributed by atoms with E-state index in [4.69, 9.17) is 25.5 Å². The van der Waals surface area contributed by atoms with E-state index >= 15 is 0 Å². The largest absolute Gasteiger partial charge is 0.316 e. The molecule has 0 bridgehead atoms. The van der Waals surface area contributed by atoms with Crippen molar-refractivity contribution in [3.05, 3.63) is 0 Å². The molecule has 0 saturated heterocycles. The summed E-state index contributed by atoms with van der Waals surface area (Å²) >= 11 is 0. The van der Waals surface area contributed by atoms with E-state index in [-0.39, 0.29) is 107 Å². The number of carboxylic acid groups (broad SMARTS) is 4. The van der Waals surface area contributed by atoms with Crippen molar-refractivity contribution in [2.45, 2.75) is 38.4 Å². The van der Waals surface area contributed by atoms with Crippen molar-refractivity contribution < 1.29 is 54.2 Å². The molecule has 0 heterocycles. The summed E-state index contributed by atoms with van der Waals surface area (Å²) in [4.78, 5) is 50.5. The smallest absolute Gasteiger partial charge is 0.316 e. The van der Waals surface area contributed by atoms with Crippen LogP contribution in [0.15, 0.2) is 0 Å². The van der Waals surface area contributed by atoms with Crippen LogP contribution in [-0.2, 0) is 28.7 Å². The average Bonchev–Trinajstić information content (AvgIpc) is 2.25. The Morgan fingerprint density at radius 3 is 1.31 bits per heavy atom. The van der Waals surface area contributed by atoms with Gasteiger partial charge in [0.2, 0.25) is 0 Å². The minimum atomic E-state index is -2.74. The first-order valence-corrected chi connectivity index (χ1v) is 5.61. The first-order valence-electron chi connectivity index (χ1n) is 5.61. The molecule has 5 N–H and O–H groups in total. The Morgan fingerprint density at radius 2 is 1.19 bits per heavy atom. The van der Waals surface area contributed by atoms with Crippen LogP contribution in [-0.4, -0.2) is 174 Å². The van der Waals surface area contributed by atoms with E-state index in [9.17, 15) is 24.0 Å². The van der Waals surface area contributed by atoms with Crippen molar-refractivity contribution in [3.8, 4) is 0 Å². The number of carboxylic acids is 4. The van der Waals surface area contributed by atoms with E-state index in [0.29, 0.717) is 0 Å². The van der Waals surface area contributed by atoms with E-state index in [1.807, 2.05) is 0 Å². The van der Waals surface area contributed by atoms with E-state index < -0.39 is 54.4 Å². The van der Waals surface area contributed by atoms with Gasteiger partial charge in [-0.3, -0.25) is 14.4 Å². The molecule has 0 saturated carbocycles. The van der Waals surface area contributed by atoms with Gasteiger partial charge in [-0.2, -0.15) is 0 Å². The minimum Gasteiger partial charge on any atom is 0.316 e. The van der Waals surface area contributed by atoms with Crippen LogP contribution < -0.4 is 0 Å². The summed E-state index contributed by atoms with van der Waals surface area (Å²) in [7, 11) is 0. The number of aliphatic hydroxyl groups is 1. The first-order chi connectivity index (χ1) is 9.81. The molecule has 142 valence electrons. The molecule has 26 heavy (non-hydrogen) atoms. The molecule has 15 heteroatoms. The number of carbonyl (C=O) groups is 5. The monoisotopic (exact) mass is 444 g/mol. The zero-order valence-electron chi connectivity index (χ0n) is 11.7. The van der Waals surface area contributed by atoms with Crippen LogP contribution in [0.5, 0.6) is 0 Å². The van der Waals surface area contributed by atoms with E-state index in [1.54, 1.807) is 0 Å². The van der Waals surface area contributed by atoms with Crippen molar-refractivity contribution >= 4 is 137 Å². The van der Waals surface area contributed by atoms with Gasteiger partial charge in [0, 0.05) is 6.92 Å². The Balaban J connectivity index is -0.0000000697. The molecular weight excluding hydrogens is 421 g/mol. The Hall–Kier alpha value is 0.868. The van der Waals surface area contributed by atoms with Gasteiger partial charge in [-0.1, -0.05) is 0 Å². The van der Waals surface area contributed by atoms with Crippen molar-refractivity contribution in [1.82, 2.24) is 0 Å². The quantitative estimate of drug-likeness (QED) is 0.186. The summed E-state index contributed by atoms with van der Waals surface area (Å²) < 4.78 is 4.27. The molecule has 0 radical (unpaired) electrons. The predicted octanol–water partition coefficient (Wildman–Crippen LogP) is -4.89. The van der Waals surface area contributed by atoms with Crippen LogP contribution >= 0.6 is 0 Å². The zero-order valence-corrected chi connectivity index (χ0v) is 11.7. The Morgan fingerprint density at radius 1 is 0.885 bits per heavy atom. The molecular formula is C11H24CaMg3O11. The molecule has 1 atom stereocenters. The zero-order chi connectivity index (χ0) is 18.1. The van der Waals surface area contributed by atoms with Crippen LogP contribution in [0, 0.1) is 0 Å². The molecule has 0 aromatic rings. The summed E-state index contributed by atoms with van der Waals surface area (Å²) in [5.74, 6) is -6.73. The summed E-state index contributed by atoms with van der Waals surface area (Å²) in [6.07, 6.45) is -3.33. The Labute approximate surface area is 226 Å². The van der Waals surface area contributed by atoms with Gasteiger partial charge in [0.05, 0.1) is 12.8 Å². The third-order valence-electron chi connectivity index (χ3n) is 1.98. The number of carbonyl (C=O) groups excluding carboxylic acids is 1. The summed E-state index contributed by atoms with van der Waals surface area (Å²) in [5.41, 5.74) is -2.74. The van der Waals surface area contributed by atoms with Crippen LogP contribution in [0.3, 0.4) is 0 Å². The van der Waals surface area contributed by atoms with Gasteiger partial charge in [0.25, 0.3) is 0 Å². The molecule has 11 nitrogen and oxygen atoms in total. The van der Waals surface area contributed by atoms with Gasteiger partial charge in [0.15, 0.2) is 11.7 Å². The molecule has 1 unspecified atom stereocenters. The van der Waals surface area contributed by atoms with Crippen molar-refractivity contribution in [1.29, 1.82) is 0 Å². The fourth-order valence-corrected chi connectivity index (χ4v) is 1.01. The van der Waals surface area contributed by atoms with Gasteiger partial charge in [0.1, 0.15) is 0 Å². The van der Waals surface area contributed by atoms with Crippen LogP contribution in [0.2, 0.25) is 0 Å². The first kappa shape index (κ1) is 41.3. The molecule has 0 aliphatic carbocycles. The van der Waals surface area contributed by atoms with Gasteiger partial charge >= 0.3 is 137 Å². The van der Waals surface area contributed by atoms with Gasteiger partial charge < -0.3 is 30.3 Å². The minimum absolute atomic E-state index is 0. The molecule has 0 aromatic heterocycles. The van der Waals surface area contributed by atoms with Crippen molar-refractivity contribution in [2.75, 3.05) is 0 Å². The molecule has 0 spiro atoms. The summed E-state index contributed by atoms with van der Waals surface area (Å²) in [6.45, 7) is 2.46. The van der Waals surface area contributed by atoms with Gasteiger partial charge in [-0.25, -0.2) is 9.59 Å². The maximum atomic E-state index is 10.3.